The topological polar surface area (TPSA) is 66.8 Å². The van der Waals surface area contributed by atoms with Crippen molar-refractivity contribution < 1.29 is 19.4 Å². The number of hydrogen-bond donors (Lipinski definition) is 1. The number of ether oxygens (including phenoxy) is 1. The summed E-state index contributed by atoms with van der Waals surface area (Å²) in [5.74, 6) is -0.931. The molecule has 2 fully saturated rings. The van der Waals surface area contributed by atoms with Crippen molar-refractivity contribution in [1.29, 1.82) is 0 Å². The van der Waals surface area contributed by atoms with Crippen LogP contribution in [0.5, 0.6) is 0 Å². The molecule has 1 atom stereocenters. The van der Waals surface area contributed by atoms with Gasteiger partial charge in [0, 0.05) is 6.54 Å². The summed E-state index contributed by atoms with van der Waals surface area (Å²) in [6.45, 7) is 9.87. The van der Waals surface area contributed by atoms with Crippen LogP contribution < -0.4 is 0 Å². The predicted molar refractivity (Wildman–Crippen MR) is 72.0 cm³/mol. The molecular formula is C14H25NO4. The third-order valence-electron chi connectivity index (χ3n) is 3.38. The number of carboxylic acid groups (broad SMARTS) is 1. The largest absolute Gasteiger partial charge is 0.480 e. The molecule has 5 nitrogen and oxygen atoms in total. The quantitative estimate of drug-likeness (QED) is 0.796. The molecule has 1 saturated carbocycles. The van der Waals surface area contributed by atoms with Crippen molar-refractivity contribution in [2.75, 3.05) is 6.54 Å². The summed E-state index contributed by atoms with van der Waals surface area (Å²) in [5, 5.41) is 9.14. The van der Waals surface area contributed by atoms with E-state index in [0.717, 1.165) is 12.8 Å². The highest BCUT2D eigenvalue weighted by molar-refractivity contribution is 5.81. The van der Waals surface area contributed by atoms with Crippen LogP contribution in [0.1, 0.15) is 53.9 Å². The summed E-state index contributed by atoms with van der Waals surface area (Å²) in [6, 6.07) is -0.715. The molecule has 110 valence electrons. The van der Waals surface area contributed by atoms with Crippen molar-refractivity contribution in [3.05, 3.63) is 0 Å². The van der Waals surface area contributed by atoms with Crippen LogP contribution in [0.25, 0.3) is 0 Å². The average Bonchev–Trinajstić information content (AvgIpc) is 2.89. The third-order valence-corrected chi connectivity index (χ3v) is 3.38. The van der Waals surface area contributed by atoms with E-state index < -0.39 is 23.7 Å². The van der Waals surface area contributed by atoms with Crippen LogP contribution in [0.2, 0.25) is 0 Å². The molecule has 1 saturated heterocycles. The molecule has 0 aromatic rings. The van der Waals surface area contributed by atoms with Crippen LogP contribution in [0, 0.1) is 5.41 Å². The van der Waals surface area contributed by atoms with Gasteiger partial charge in [-0.25, -0.2) is 9.59 Å². The minimum Gasteiger partial charge on any atom is -0.480 e. The number of aliphatic carboxylic acids is 1. The fraction of sp³-hybridized carbons (Fsp3) is 0.857. The molecular weight excluding hydrogens is 246 g/mol. The second-order valence-corrected chi connectivity index (χ2v) is 6.17. The van der Waals surface area contributed by atoms with Crippen molar-refractivity contribution in [3.63, 3.8) is 0 Å². The molecule has 5 heteroatoms. The maximum absolute atomic E-state index is 11.9. The molecule has 1 aliphatic heterocycles. The highest BCUT2D eigenvalue weighted by Gasteiger charge is 2.56. The second kappa shape index (κ2) is 5.39. The van der Waals surface area contributed by atoms with E-state index in [2.05, 4.69) is 0 Å². The minimum atomic E-state index is -0.931. The second-order valence-electron chi connectivity index (χ2n) is 6.17. The summed E-state index contributed by atoms with van der Waals surface area (Å²) in [4.78, 5) is 24.5. The lowest BCUT2D eigenvalue weighted by Crippen LogP contribution is -2.43. The predicted octanol–water partition coefficient (Wildman–Crippen LogP) is 2.89. The van der Waals surface area contributed by atoms with Crippen molar-refractivity contribution in [2.45, 2.75) is 65.5 Å². The van der Waals surface area contributed by atoms with Gasteiger partial charge in [0.15, 0.2) is 0 Å². The SMILES string of the molecule is CC.CC(C)(C)OC(=O)N1CC2(CC2)CC1C(=O)O. The molecule has 0 radical (unpaired) electrons. The van der Waals surface area contributed by atoms with Crippen LogP contribution in [0.15, 0.2) is 0 Å². The lowest BCUT2D eigenvalue weighted by atomic mass is 10.0. The molecule has 2 rings (SSSR count). The van der Waals surface area contributed by atoms with Gasteiger partial charge in [-0.15, -0.1) is 0 Å². The number of hydrogen-bond acceptors (Lipinski definition) is 3. The number of carbonyl (C=O) groups is 2. The Kier molecular flexibility index (Phi) is 4.48. The van der Waals surface area contributed by atoms with Gasteiger partial charge in [-0.2, -0.15) is 0 Å². The molecule has 1 unspecified atom stereocenters. The summed E-state index contributed by atoms with van der Waals surface area (Å²) in [6.07, 6.45) is 2.11. The first kappa shape index (κ1) is 15.8. The third kappa shape index (κ3) is 3.85. The van der Waals surface area contributed by atoms with Gasteiger partial charge < -0.3 is 9.84 Å². The van der Waals surface area contributed by atoms with Crippen molar-refractivity contribution in [1.82, 2.24) is 4.90 Å². The number of rotatable bonds is 1. The van der Waals surface area contributed by atoms with E-state index in [4.69, 9.17) is 9.84 Å². The zero-order valence-electron chi connectivity index (χ0n) is 12.5. The van der Waals surface area contributed by atoms with Crippen LogP contribution in [0.3, 0.4) is 0 Å². The molecule has 1 amide bonds. The smallest absolute Gasteiger partial charge is 0.411 e. The van der Waals surface area contributed by atoms with Gasteiger partial charge in [0.25, 0.3) is 0 Å². The standard InChI is InChI=1S/C12H19NO4.C2H6/c1-11(2,3)17-10(16)13-7-12(4-5-12)6-8(13)9(14)15;1-2/h8H,4-7H2,1-3H3,(H,14,15);1-2H3. The van der Waals surface area contributed by atoms with Crippen LogP contribution in [0.4, 0.5) is 4.79 Å². The average molecular weight is 271 g/mol. The summed E-state index contributed by atoms with van der Waals surface area (Å²) < 4.78 is 5.25. The molecule has 2 aliphatic rings. The first-order valence-electron chi connectivity index (χ1n) is 6.95. The molecule has 19 heavy (non-hydrogen) atoms. The van der Waals surface area contributed by atoms with Crippen LogP contribution >= 0.6 is 0 Å². The van der Waals surface area contributed by atoms with Gasteiger partial charge in [-0.05, 0) is 45.4 Å². The van der Waals surface area contributed by atoms with Gasteiger partial charge in [0.1, 0.15) is 11.6 Å². The van der Waals surface area contributed by atoms with E-state index in [1.54, 1.807) is 20.8 Å². The highest BCUT2D eigenvalue weighted by atomic mass is 16.6. The summed E-state index contributed by atoms with van der Waals surface area (Å²) in [7, 11) is 0. The van der Waals surface area contributed by atoms with Crippen LogP contribution in [-0.4, -0.2) is 40.3 Å². The monoisotopic (exact) mass is 271 g/mol. The van der Waals surface area contributed by atoms with E-state index >= 15 is 0 Å². The molecule has 1 spiro atoms. The Morgan fingerprint density at radius 3 is 2.16 bits per heavy atom. The Morgan fingerprint density at radius 1 is 1.26 bits per heavy atom. The Labute approximate surface area is 114 Å². The first-order chi connectivity index (χ1) is 8.72. The highest BCUT2D eigenvalue weighted by Crippen LogP contribution is 2.54. The molecule has 1 aliphatic carbocycles. The fourth-order valence-corrected chi connectivity index (χ4v) is 2.33. The molecule has 1 heterocycles. The molecule has 0 aromatic heterocycles. The van der Waals surface area contributed by atoms with E-state index in [-0.39, 0.29) is 5.41 Å². The minimum absolute atomic E-state index is 0.0694. The Hall–Kier alpha value is -1.26. The van der Waals surface area contributed by atoms with Crippen LogP contribution in [-0.2, 0) is 9.53 Å². The Morgan fingerprint density at radius 2 is 1.79 bits per heavy atom. The maximum atomic E-state index is 11.9. The zero-order valence-corrected chi connectivity index (χ0v) is 12.5. The van der Waals surface area contributed by atoms with E-state index in [0.29, 0.717) is 13.0 Å². The van der Waals surface area contributed by atoms with Gasteiger partial charge in [0.05, 0.1) is 0 Å². The Bertz CT molecular complexity index is 355. The number of carboxylic acids is 1. The summed E-state index contributed by atoms with van der Waals surface area (Å²) in [5.41, 5.74) is -0.514. The lowest BCUT2D eigenvalue weighted by Gasteiger charge is -2.26. The normalized spacial score (nSPS) is 23.6. The van der Waals surface area contributed by atoms with Crippen molar-refractivity contribution in [2.24, 2.45) is 5.41 Å². The summed E-state index contributed by atoms with van der Waals surface area (Å²) >= 11 is 0. The van der Waals surface area contributed by atoms with Gasteiger partial charge >= 0.3 is 12.1 Å². The van der Waals surface area contributed by atoms with Crippen molar-refractivity contribution in [3.8, 4) is 0 Å². The number of carbonyl (C=O) groups excluding carboxylic acids is 1. The van der Waals surface area contributed by atoms with E-state index in [9.17, 15) is 9.59 Å². The lowest BCUT2D eigenvalue weighted by molar-refractivity contribution is -0.142. The first-order valence-corrected chi connectivity index (χ1v) is 6.95. The molecule has 0 aromatic carbocycles. The molecule has 1 N–H and O–H groups in total. The zero-order chi connectivity index (χ0) is 14.8. The van der Waals surface area contributed by atoms with Gasteiger partial charge in [0.2, 0.25) is 0 Å². The number of nitrogens with zero attached hydrogens (tertiary/aromatic N) is 1. The Balaban J connectivity index is 0.000000861. The molecule has 0 bridgehead atoms. The van der Waals surface area contributed by atoms with Gasteiger partial charge in [-0.3, -0.25) is 4.90 Å². The van der Waals surface area contributed by atoms with Gasteiger partial charge in [-0.1, -0.05) is 13.8 Å². The van der Waals surface area contributed by atoms with Crippen molar-refractivity contribution >= 4 is 12.1 Å². The van der Waals surface area contributed by atoms with E-state index in [1.807, 2.05) is 13.8 Å². The number of amides is 1. The fourth-order valence-electron chi connectivity index (χ4n) is 2.33. The maximum Gasteiger partial charge on any atom is 0.411 e. The number of likely N-dealkylation sites (tertiary alicyclic amines) is 1. The van der Waals surface area contributed by atoms with E-state index in [1.165, 1.54) is 4.90 Å².